The van der Waals surface area contributed by atoms with E-state index in [9.17, 15) is 0 Å². The Balaban J connectivity index is 0.000000131. The average Bonchev–Trinajstić information content (AvgIpc) is 1.59. The van der Waals surface area contributed by atoms with Crippen molar-refractivity contribution in [2.24, 2.45) is 0 Å². The fourth-order valence-corrected chi connectivity index (χ4v) is 0.454. The molecule has 0 aliphatic heterocycles. The van der Waals surface area contributed by atoms with Gasteiger partial charge in [-0.05, 0) is 0 Å². The monoisotopic (exact) mass is 141 g/mol. The highest BCUT2D eigenvalue weighted by atomic mass is 14.0. The van der Waals surface area contributed by atoms with Gasteiger partial charge in [-0.15, -0.1) is 0 Å². The first-order valence-corrected chi connectivity index (χ1v) is 4.82. The molecule has 60 valence electrons. The van der Waals surface area contributed by atoms with E-state index >= 15 is 0 Å². The van der Waals surface area contributed by atoms with Gasteiger partial charge in [0.1, 0.15) is 0 Å². The summed E-state index contributed by atoms with van der Waals surface area (Å²) in [5.41, 5.74) is 0. The molecule has 2 fully saturated rings. The Labute approximate surface area is 66.0 Å². The largest absolute Gasteiger partial charge is 0.0916 e. The van der Waals surface area contributed by atoms with E-state index in [-0.39, 0.29) is 0 Å². The zero-order valence-electron chi connectivity index (χ0n) is 7.53. The molecule has 0 radical (unpaired) electrons. The van der Waals surface area contributed by atoms with E-state index in [4.69, 9.17) is 0 Å². The summed E-state index contributed by atoms with van der Waals surface area (Å²) in [4.78, 5) is 0. The van der Waals surface area contributed by atoms with Crippen LogP contribution in [0.2, 0.25) is 0 Å². The van der Waals surface area contributed by atoms with Crippen LogP contribution in [0.3, 0.4) is 0 Å². The lowest BCUT2D eigenvalue weighted by Gasteiger charge is -2.05. The van der Waals surface area contributed by atoms with E-state index in [0.29, 0.717) is 0 Å². The second-order valence-corrected chi connectivity index (χ2v) is 2.63. The molecule has 0 bridgehead atoms. The lowest BCUT2D eigenvalue weighted by molar-refractivity contribution is 0.504. The van der Waals surface area contributed by atoms with Gasteiger partial charge in [0.05, 0.1) is 19.3 Å². The molecular weight excluding hydrogens is 120 g/mol. The second kappa shape index (κ2) is 8.87. The lowest BCUT2D eigenvalue weighted by Crippen LogP contribution is -1.87. The van der Waals surface area contributed by atoms with Gasteiger partial charge < -0.3 is 0 Å². The van der Waals surface area contributed by atoms with Gasteiger partial charge in [-0.3, -0.25) is 0 Å². The summed E-state index contributed by atoms with van der Waals surface area (Å²) in [7, 11) is 0. The van der Waals surface area contributed by atoms with Crippen LogP contribution in [0.4, 0.5) is 0 Å². The fraction of sp³-hybridized carbons (Fsp3) is 0.900. The summed E-state index contributed by atoms with van der Waals surface area (Å²) in [5, 5.41) is 0. The summed E-state index contributed by atoms with van der Waals surface area (Å²) < 4.78 is 0. The van der Waals surface area contributed by atoms with Gasteiger partial charge >= 0.3 is 0 Å². The first-order valence-electron chi connectivity index (χ1n) is 4.82. The number of hydrogen-bond donors (Lipinski definition) is 0. The van der Waals surface area contributed by atoms with E-state index in [1.807, 2.05) is 13.8 Å². The highest BCUT2D eigenvalue weighted by Crippen LogP contribution is 2.15. The van der Waals surface area contributed by atoms with Crippen LogP contribution >= 0.6 is 0 Å². The van der Waals surface area contributed by atoms with Crippen LogP contribution in [-0.2, 0) is 0 Å². The molecule has 2 aliphatic carbocycles. The van der Waals surface area contributed by atoms with E-state index in [1.54, 1.807) is 0 Å². The van der Waals surface area contributed by atoms with Crippen molar-refractivity contribution in [1.29, 1.82) is 0 Å². The molecule has 2 rings (SSSR count). The second-order valence-electron chi connectivity index (χ2n) is 2.63. The first kappa shape index (κ1) is 9.87. The summed E-state index contributed by atoms with van der Waals surface area (Å²) in [5.74, 6) is 0. The van der Waals surface area contributed by atoms with Crippen LogP contribution in [-0.4, -0.2) is 0 Å². The van der Waals surface area contributed by atoms with Gasteiger partial charge in [0, 0.05) is 6.42 Å². The molecule has 0 aromatic carbocycles. The zero-order valence-corrected chi connectivity index (χ0v) is 7.53. The highest BCUT2D eigenvalue weighted by molar-refractivity contribution is 4.74. The Kier molecular flexibility index (Phi) is 8.75. The molecule has 0 spiro atoms. The van der Waals surface area contributed by atoms with E-state index in [1.165, 1.54) is 44.9 Å². The molecule has 2 aliphatic rings. The zero-order chi connectivity index (χ0) is 7.66. The van der Waals surface area contributed by atoms with Crippen molar-refractivity contribution >= 4 is 0 Å². The van der Waals surface area contributed by atoms with E-state index in [2.05, 4.69) is 6.42 Å². The van der Waals surface area contributed by atoms with Crippen LogP contribution in [0, 0.1) is 6.42 Å². The third-order valence-corrected chi connectivity index (χ3v) is 1.82. The quantitative estimate of drug-likeness (QED) is 0.448. The molecule has 0 atom stereocenters. The normalized spacial score (nSPS) is 19.0. The highest BCUT2D eigenvalue weighted by Gasteiger charge is 2.07. The molecule has 0 heteroatoms. The minimum absolute atomic E-state index is 1.38. The Morgan fingerprint density at radius 1 is 0.700 bits per heavy atom. The topological polar surface area (TPSA) is 0 Å². The maximum absolute atomic E-state index is 2.31. The van der Waals surface area contributed by atoms with Crippen molar-refractivity contribution in [1.82, 2.24) is 0 Å². The molecule has 0 saturated heterocycles. The standard InChI is InChI=1S/C4H8.C4H7.C2H6/c2*1-2-4-3-1;1-2/h1-4H2;1H,2-4H2;1-2H3/q;+1;. The SMILES string of the molecule is C1CCC1.CC.[CH+]1CCC1. The van der Waals surface area contributed by atoms with Crippen molar-refractivity contribution in [3.63, 3.8) is 0 Å². The summed E-state index contributed by atoms with van der Waals surface area (Å²) in [6.45, 7) is 4.00. The lowest BCUT2D eigenvalue weighted by atomic mass is 10.0. The summed E-state index contributed by atoms with van der Waals surface area (Å²) >= 11 is 0. The van der Waals surface area contributed by atoms with E-state index in [0.717, 1.165) is 0 Å². The van der Waals surface area contributed by atoms with Crippen molar-refractivity contribution in [2.45, 2.75) is 58.8 Å². The van der Waals surface area contributed by atoms with Crippen molar-refractivity contribution in [3.8, 4) is 0 Å². The number of rotatable bonds is 0. The van der Waals surface area contributed by atoms with Crippen LogP contribution in [0.5, 0.6) is 0 Å². The molecule has 10 heavy (non-hydrogen) atoms. The smallest absolute Gasteiger partial charge is 0.0683 e. The predicted molar refractivity (Wildman–Crippen MR) is 48.0 cm³/mol. The molecule has 0 amide bonds. The molecule has 0 aromatic rings. The van der Waals surface area contributed by atoms with Gasteiger partial charge in [-0.25, -0.2) is 0 Å². The van der Waals surface area contributed by atoms with Gasteiger partial charge in [0.25, 0.3) is 0 Å². The van der Waals surface area contributed by atoms with Crippen molar-refractivity contribution in [2.75, 3.05) is 0 Å². The Bertz CT molecular complexity index is 24.0. The van der Waals surface area contributed by atoms with Gasteiger partial charge in [-0.2, -0.15) is 0 Å². The first-order chi connectivity index (χ1) is 5.00. The van der Waals surface area contributed by atoms with Gasteiger partial charge in [-0.1, -0.05) is 39.5 Å². The molecule has 0 heterocycles. The van der Waals surface area contributed by atoms with Crippen molar-refractivity contribution < 1.29 is 0 Å². The number of hydrogen-bond acceptors (Lipinski definition) is 0. The summed E-state index contributed by atoms with van der Waals surface area (Å²) in [6.07, 6.45) is 12.5. The third kappa shape index (κ3) is 6.00. The van der Waals surface area contributed by atoms with Gasteiger partial charge in [0.15, 0.2) is 0 Å². The van der Waals surface area contributed by atoms with Crippen LogP contribution in [0.25, 0.3) is 0 Å². The van der Waals surface area contributed by atoms with Gasteiger partial charge in [0.2, 0.25) is 0 Å². The third-order valence-electron chi connectivity index (χ3n) is 1.82. The fourth-order valence-electron chi connectivity index (χ4n) is 0.454. The average molecular weight is 141 g/mol. The minimum Gasteiger partial charge on any atom is -0.0683 e. The maximum atomic E-state index is 2.31. The molecule has 0 unspecified atom stereocenters. The maximum Gasteiger partial charge on any atom is 0.0916 e. The molecule has 2 saturated carbocycles. The summed E-state index contributed by atoms with van der Waals surface area (Å²) in [6, 6.07) is 0. The minimum atomic E-state index is 1.38. The Hall–Kier alpha value is -0.130. The molecule has 0 N–H and O–H groups in total. The Morgan fingerprint density at radius 3 is 0.900 bits per heavy atom. The van der Waals surface area contributed by atoms with E-state index < -0.39 is 0 Å². The van der Waals surface area contributed by atoms with Crippen LogP contribution < -0.4 is 0 Å². The molecular formula is C10H21+. The van der Waals surface area contributed by atoms with Crippen LogP contribution in [0.15, 0.2) is 0 Å². The van der Waals surface area contributed by atoms with Crippen LogP contribution in [0.1, 0.15) is 58.8 Å². The predicted octanol–water partition coefficient (Wildman–Crippen LogP) is 3.96. The molecule has 0 nitrogen and oxygen atoms in total. The Morgan fingerprint density at radius 2 is 0.900 bits per heavy atom. The molecule has 0 aromatic heterocycles. The van der Waals surface area contributed by atoms with Crippen molar-refractivity contribution in [3.05, 3.63) is 6.42 Å².